The molecular formula is C18H34N4S4. The maximum Gasteiger partial charge on any atom is 0.136 e. The van der Waals surface area contributed by atoms with E-state index in [0.717, 1.165) is 72.5 Å². The molecule has 2 rings (SSSR count). The summed E-state index contributed by atoms with van der Waals surface area (Å²) in [5.74, 6) is 2.33. The Morgan fingerprint density at radius 3 is 1.31 bits per heavy atom. The summed E-state index contributed by atoms with van der Waals surface area (Å²) < 4.78 is 2.21. The van der Waals surface area contributed by atoms with Crippen LogP contribution < -0.4 is 0 Å². The molecule has 2 heterocycles. The van der Waals surface area contributed by atoms with Crippen molar-refractivity contribution in [1.29, 1.82) is 0 Å². The molecule has 0 aromatic carbocycles. The van der Waals surface area contributed by atoms with Crippen LogP contribution in [-0.4, -0.2) is 106 Å². The summed E-state index contributed by atoms with van der Waals surface area (Å²) in [5, 5.41) is 0. The summed E-state index contributed by atoms with van der Waals surface area (Å²) in [6.07, 6.45) is 5.15. The number of hydrogen-bond donors (Lipinski definition) is 0. The second kappa shape index (κ2) is 12.8. The lowest BCUT2D eigenvalue weighted by Crippen LogP contribution is -2.45. The fourth-order valence-electron chi connectivity index (χ4n) is 3.04. The van der Waals surface area contributed by atoms with Crippen LogP contribution in [0.3, 0.4) is 0 Å². The average Bonchev–Trinajstić information content (AvgIpc) is 2.64. The Balaban J connectivity index is 1.41. The lowest BCUT2D eigenvalue weighted by atomic mass is 10.2. The van der Waals surface area contributed by atoms with E-state index in [0.29, 0.717) is 0 Å². The minimum Gasteiger partial charge on any atom is -0.355 e. The molecule has 2 aliphatic rings. The Morgan fingerprint density at radius 2 is 0.962 bits per heavy atom. The number of thiocarbonyl (C=S) groups is 2. The van der Waals surface area contributed by atoms with Crippen molar-refractivity contribution in [3.8, 4) is 0 Å². The monoisotopic (exact) mass is 434 g/mol. The molecule has 150 valence electrons. The zero-order valence-corrected chi connectivity index (χ0v) is 19.6. The molecule has 4 nitrogen and oxygen atoms in total. The highest BCUT2D eigenvalue weighted by Crippen LogP contribution is 2.17. The summed E-state index contributed by atoms with van der Waals surface area (Å²) in [5.41, 5.74) is 0. The smallest absolute Gasteiger partial charge is 0.136 e. The van der Waals surface area contributed by atoms with Gasteiger partial charge in [-0.1, -0.05) is 60.8 Å². The van der Waals surface area contributed by atoms with Gasteiger partial charge in [-0.05, 0) is 26.9 Å². The summed E-state index contributed by atoms with van der Waals surface area (Å²) in [6.45, 7) is 8.89. The molecule has 0 amide bonds. The van der Waals surface area contributed by atoms with Crippen molar-refractivity contribution in [3.05, 3.63) is 0 Å². The van der Waals surface area contributed by atoms with Gasteiger partial charge >= 0.3 is 0 Å². The van der Waals surface area contributed by atoms with Crippen molar-refractivity contribution in [2.24, 2.45) is 0 Å². The van der Waals surface area contributed by atoms with Crippen LogP contribution in [-0.2, 0) is 0 Å². The van der Waals surface area contributed by atoms with E-state index in [9.17, 15) is 0 Å². The van der Waals surface area contributed by atoms with Crippen LogP contribution in [0.1, 0.15) is 25.7 Å². The number of hydrogen-bond acceptors (Lipinski definition) is 6. The van der Waals surface area contributed by atoms with Crippen molar-refractivity contribution >= 4 is 56.6 Å². The first kappa shape index (κ1) is 22.7. The van der Waals surface area contributed by atoms with Crippen LogP contribution in [0.4, 0.5) is 0 Å². The van der Waals surface area contributed by atoms with E-state index in [2.05, 4.69) is 33.7 Å². The van der Waals surface area contributed by atoms with E-state index in [-0.39, 0.29) is 0 Å². The van der Waals surface area contributed by atoms with Gasteiger partial charge in [0.05, 0.1) is 0 Å². The summed E-state index contributed by atoms with van der Waals surface area (Å²) in [6, 6.07) is 0. The highest BCUT2D eigenvalue weighted by molar-refractivity contribution is 8.23. The normalized spacial score (nSPS) is 19.8. The topological polar surface area (TPSA) is 13.0 Å². The highest BCUT2D eigenvalue weighted by atomic mass is 32.2. The highest BCUT2D eigenvalue weighted by Gasteiger charge is 2.17. The number of likely N-dealkylation sites (N-methyl/N-ethyl adjacent to an activating group) is 2. The van der Waals surface area contributed by atoms with E-state index in [1.165, 1.54) is 25.7 Å². The van der Waals surface area contributed by atoms with Gasteiger partial charge in [0.2, 0.25) is 0 Å². The molecule has 0 aromatic rings. The number of nitrogens with zero attached hydrogens (tertiary/aromatic N) is 4. The van der Waals surface area contributed by atoms with Crippen LogP contribution in [0.25, 0.3) is 0 Å². The third-order valence-electron chi connectivity index (χ3n) is 5.01. The van der Waals surface area contributed by atoms with Crippen LogP contribution in [0.15, 0.2) is 0 Å². The Morgan fingerprint density at radius 1 is 0.615 bits per heavy atom. The molecule has 0 unspecified atom stereocenters. The van der Waals surface area contributed by atoms with Crippen LogP contribution in [0.2, 0.25) is 0 Å². The second-order valence-corrected chi connectivity index (χ2v) is 10.7. The predicted octanol–water partition coefficient (Wildman–Crippen LogP) is 3.08. The number of unbranched alkanes of at least 4 members (excludes halogenated alkanes) is 3. The molecule has 0 saturated carbocycles. The Bertz CT molecular complexity index is 393. The molecule has 2 fully saturated rings. The van der Waals surface area contributed by atoms with Gasteiger partial charge in [0.25, 0.3) is 0 Å². The first-order valence-corrected chi connectivity index (χ1v) is 12.6. The van der Waals surface area contributed by atoms with Gasteiger partial charge in [-0.25, -0.2) is 0 Å². The Labute approximate surface area is 179 Å². The Kier molecular flexibility index (Phi) is 11.2. The van der Waals surface area contributed by atoms with Gasteiger partial charge in [0.1, 0.15) is 8.64 Å². The average molecular weight is 435 g/mol. The van der Waals surface area contributed by atoms with E-state index in [1.54, 1.807) is 0 Å². The molecule has 0 aliphatic carbocycles. The molecule has 2 aliphatic heterocycles. The quantitative estimate of drug-likeness (QED) is 0.442. The SMILES string of the molecule is CN1CCN(C(=S)SCCCCCCSC(=S)N2CCN(C)CC2)CC1. The van der Waals surface area contributed by atoms with Crippen molar-refractivity contribution in [1.82, 2.24) is 19.6 Å². The minimum absolute atomic E-state index is 1.09. The van der Waals surface area contributed by atoms with Crippen molar-refractivity contribution in [2.45, 2.75) is 25.7 Å². The van der Waals surface area contributed by atoms with Crippen molar-refractivity contribution < 1.29 is 0 Å². The molecule has 2 saturated heterocycles. The van der Waals surface area contributed by atoms with Gasteiger partial charge in [0.15, 0.2) is 0 Å². The van der Waals surface area contributed by atoms with Crippen molar-refractivity contribution in [3.63, 3.8) is 0 Å². The first-order valence-electron chi connectivity index (χ1n) is 9.77. The second-order valence-electron chi connectivity index (χ2n) is 7.22. The maximum absolute atomic E-state index is 5.58. The first-order chi connectivity index (χ1) is 12.6. The van der Waals surface area contributed by atoms with Crippen LogP contribution >= 0.6 is 48.0 Å². The number of rotatable bonds is 7. The molecule has 0 aromatic heterocycles. The summed E-state index contributed by atoms with van der Waals surface area (Å²) >= 11 is 14.9. The van der Waals surface area contributed by atoms with E-state index >= 15 is 0 Å². The molecule has 0 atom stereocenters. The minimum atomic E-state index is 1.09. The zero-order chi connectivity index (χ0) is 18.8. The fourth-order valence-corrected chi connectivity index (χ4v) is 5.68. The predicted molar refractivity (Wildman–Crippen MR) is 127 cm³/mol. The van der Waals surface area contributed by atoms with Gasteiger partial charge in [-0.15, -0.1) is 0 Å². The fraction of sp³-hybridized carbons (Fsp3) is 0.889. The van der Waals surface area contributed by atoms with Gasteiger partial charge in [-0.2, -0.15) is 0 Å². The molecular weight excluding hydrogens is 400 g/mol. The lowest BCUT2D eigenvalue weighted by Gasteiger charge is -2.33. The van der Waals surface area contributed by atoms with Crippen molar-refractivity contribution in [2.75, 3.05) is 78.0 Å². The largest absolute Gasteiger partial charge is 0.355 e. The van der Waals surface area contributed by atoms with Crippen LogP contribution in [0.5, 0.6) is 0 Å². The third kappa shape index (κ3) is 8.61. The molecule has 26 heavy (non-hydrogen) atoms. The van der Waals surface area contributed by atoms with E-state index in [1.807, 2.05) is 23.5 Å². The number of piperazine rings is 2. The lowest BCUT2D eigenvalue weighted by molar-refractivity contribution is 0.220. The van der Waals surface area contributed by atoms with Gasteiger partial charge in [0, 0.05) is 63.9 Å². The summed E-state index contributed by atoms with van der Waals surface area (Å²) in [7, 11) is 4.37. The molecule has 0 spiro atoms. The molecule has 0 radical (unpaired) electrons. The summed E-state index contributed by atoms with van der Waals surface area (Å²) in [4.78, 5) is 9.49. The molecule has 8 heteroatoms. The molecule has 0 N–H and O–H groups in total. The zero-order valence-electron chi connectivity index (χ0n) is 16.3. The maximum atomic E-state index is 5.58. The van der Waals surface area contributed by atoms with Gasteiger partial charge < -0.3 is 19.6 Å². The van der Waals surface area contributed by atoms with Crippen LogP contribution in [0, 0.1) is 0 Å². The molecule has 0 bridgehead atoms. The third-order valence-corrected chi connectivity index (χ3v) is 8.23. The standard InChI is InChI=1S/C18H34N4S4/c1-19-7-11-21(12-8-19)17(23)25-15-5-3-4-6-16-26-18(24)22-13-9-20(2)10-14-22/h3-16H2,1-2H3. The Hall–Kier alpha value is 0.400. The van der Waals surface area contributed by atoms with Gasteiger partial charge in [-0.3, -0.25) is 0 Å². The van der Waals surface area contributed by atoms with E-state index in [4.69, 9.17) is 24.4 Å². The number of thioether (sulfide) groups is 2. The van der Waals surface area contributed by atoms with E-state index < -0.39 is 0 Å².